The van der Waals surface area contributed by atoms with E-state index in [9.17, 15) is 18.0 Å². The van der Waals surface area contributed by atoms with Crippen molar-refractivity contribution in [2.45, 2.75) is 63.0 Å². The summed E-state index contributed by atoms with van der Waals surface area (Å²) in [5, 5.41) is 2.03. The van der Waals surface area contributed by atoms with E-state index in [-0.39, 0.29) is 11.5 Å². The minimum Gasteiger partial charge on any atom is -0.352 e. The molecular formula is C24H31N3O4S. The second-order valence-corrected chi connectivity index (χ2v) is 10.9. The van der Waals surface area contributed by atoms with Crippen LogP contribution in [0.2, 0.25) is 0 Å². The van der Waals surface area contributed by atoms with Gasteiger partial charge < -0.3 is 5.32 Å². The van der Waals surface area contributed by atoms with Gasteiger partial charge in [-0.3, -0.25) is 9.59 Å². The molecule has 2 heterocycles. The Morgan fingerprint density at radius 2 is 1.91 bits per heavy atom. The fraction of sp³-hybridized carbons (Fsp3) is 0.542. The minimum absolute atomic E-state index is 0.193. The zero-order valence-corrected chi connectivity index (χ0v) is 19.2. The van der Waals surface area contributed by atoms with Crippen molar-refractivity contribution in [1.82, 2.24) is 9.62 Å². The molecule has 0 saturated carbocycles. The van der Waals surface area contributed by atoms with Gasteiger partial charge in [0.25, 0.3) is 11.8 Å². The molecule has 4 rings (SSSR count). The minimum atomic E-state index is -3.59. The summed E-state index contributed by atoms with van der Waals surface area (Å²) in [6.45, 7) is 1.53. The number of nitrogens with one attached hydrogen (secondary N) is 1. The number of rotatable bonds is 6. The summed E-state index contributed by atoms with van der Waals surface area (Å²) < 4.78 is 28.1. The number of sulfonamides is 1. The van der Waals surface area contributed by atoms with Gasteiger partial charge in [0.05, 0.1) is 11.3 Å². The summed E-state index contributed by atoms with van der Waals surface area (Å²) >= 11 is 0. The fourth-order valence-electron chi connectivity index (χ4n) is 4.66. The Morgan fingerprint density at radius 3 is 2.62 bits per heavy atom. The SMILES string of the molecule is O=C1C=C(C(=O)NCCC2=CCCCC2)C2=CC(S(=O)(=O)N3CCCCCC3)C=CC2=N1. The lowest BCUT2D eigenvalue weighted by molar-refractivity contribution is -0.118. The van der Waals surface area contributed by atoms with E-state index in [1.54, 1.807) is 22.5 Å². The maximum atomic E-state index is 13.3. The molecule has 4 aliphatic rings. The molecule has 1 fully saturated rings. The van der Waals surface area contributed by atoms with Crippen LogP contribution in [0.15, 0.2) is 52.1 Å². The quantitative estimate of drug-likeness (QED) is 0.620. The standard InChI is InChI=1S/C24H31N3O4S/c28-23-17-21(24(29)25-13-12-18-8-4-3-5-9-18)20-16-19(10-11-22(20)26-23)32(30,31)27-14-6-1-2-7-15-27/h8,10-11,16-17,19H,1-7,9,12-15H2,(H,25,29). The number of nitrogens with zero attached hydrogens (tertiary/aromatic N) is 2. The number of carbonyl (C=O) groups is 2. The van der Waals surface area contributed by atoms with Crippen LogP contribution in [-0.4, -0.2) is 55.1 Å². The Labute approximate surface area is 190 Å². The summed E-state index contributed by atoms with van der Waals surface area (Å²) in [7, 11) is -3.59. The van der Waals surface area contributed by atoms with Crippen LogP contribution < -0.4 is 5.32 Å². The summed E-state index contributed by atoms with van der Waals surface area (Å²) in [5.41, 5.74) is 2.32. The number of amides is 2. The molecule has 0 aromatic heterocycles. The summed E-state index contributed by atoms with van der Waals surface area (Å²) in [5.74, 6) is -0.870. The van der Waals surface area contributed by atoms with E-state index in [1.807, 2.05) is 0 Å². The van der Waals surface area contributed by atoms with Crippen molar-refractivity contribution in [2.24, 2.45) is 4.99 Å². The van der Waals surface area contributed by atoms with E-state index in [2.05, 4.69) is 16.4 Å². The summed E-state index contributed by atoms with van der Waals surface area (Å²) in [6, 6.07) is 0. The van der Waals surface area contributed by atoms with E-state index in [0.717, 1.165) is 44.9 Å². The highest BCUT2D eigenvalue weighted by Crippen LogP contribution is 2.27. The lowest BCUT2D eigenvalue weighted by Crippen LogP contribution is -2.39. The normalized spacial score (nSPS) is 24.5. The number of dihydropyridines is 1. The van der Waals surface area contributed by atoms with Crippen molar-refractivity contribution in [3.63, 3.8) is 0 Å². The predicted octanol–water partition coefficient (Wildman–Crippen LogP) is 2.97. The molecule has 7 nitrogen and oxygen atoms in total. The first kappa shape index (κ1) is 22.9. The highest BCUT2D eigenvalue weighted by atomic mass is 32.2. The van der Waals surface area contributed by atoms with Crippen LogP contribution in [-0.2, 0) is 19.6 Å². The Hall–Kier alpha value is -2.32. The highest BCUT2D eigenvalue weighted by molar-refractivity contribution is 7.90. The third-order valence-electron chi connectivity index (χ3n) is 6.47. The number of aliphatic imine (C=N–C) groups is 1. The maximum absolute atomic E-state index is 13.3. The van der Waals surface area contributed by atoms with Crippen LogP contribution in [0.25, 0.3) is 0 Å². The number of carbonyl (C=O) groups excluding carboxylic acids is 2. The molecule has 0 aromatic rings. The molecule has 0 aromatic carbocycles. The van der Waals surface area contributed by atoms with Gasteiger partial charge in [-0.05, 0) is 51.0 Å². The Bertz CT molecular complexity index is 1030. The van der Waals surface area contributed by atoms with E-state index in [4.69, 9.17) is 0 Å². The second kappa shape index (κ2) is 10.1. The largest absolute Gasteiger partial charge is 0.352 e. The van der Waals surface area contributed by atoms with Crippen LogP contribution >= 0.6 is 0 Å². The van der Waals surface area contributed by atoms with Crippen LogP contribution in [0, 0.1) is 0 Å². The number of fused-ring (bicyclic) bond motifs is 1. The van der Waals surface area contributed by atoms with Crippen LogP contribution in [0.3, 0.4) is 0 Å². The van der Waals surface area contributed by atoms with E-state index >= 15 is 0 Å². The molecule has 32 heavy (non-hydrogen) atoms. The van der Waals surface area contributed by atoms with E-state index in [0.29, 0.717) is 30.9 Å². The number of allylic oxidation sites excluding steroid dienone is 2. The van der Waals surface area contributed by atoms with Crippen LogP contribution in [0.4, 0.5) is 0 Å². The first-order chi connectivity index (χ1) is 15.4. The molecule has 8 heteroatoms. The van der Waals surface area contributed by atoms with Gasteiger partial charge in [0.2, 0.25) is 10.0 Å². The van der Waals surface area contributed by atoms with Gasteiger partial charge in [0.15, 0.2) is 0 Å². The smallest absolute Gasteiger partial charge is 0.271 e. The molecule has 1 N–H and O–H groups in total. The van der Waals surface area contributed by atoms with Crippen molar-refractivity contribution in [1.29, 1.82) is 0 Å². The lowest BCUT2D eigenvalue weighted by Gasteiger charge is -2.26. The van der Waals surface area contributed by atoms with Crippen molar-refractivity contribution in [3.8, 4) is 0 Å². The third kappa shape index (κ3) is 5.18. The highest BCUT2D eigenvalue weighted by Gasteiger charge is 2.34. The predicted molar refractivity (Wildman–Crippen MR) is 125 cm³/mol. The van der Waals surface area contributed by atoms with Gasteiger partial charge in [-0.15, -0.1) is 0 Å². The first-order valence-electron chi connectivity index (χ1n) is 11.7. The number of hydrogen-bond acceptors (Lipinski definition) is 4. The molecule has 1 atom stereocenters. The molecule has 0 spiro atoms. The first-order valence-corrected chi connectivity index (χ1v) is 13.2. The molecule has 2 aliphatic carbocycles. The molecule has 0 bridgehead atoms. The molecule has 1 saturated heterocycles. The molecule has 1 unspecified atom stereocenters. The topological polar surface area (TPSA) is 95.9 Å². The van der Waals surface area contributed by atoms with Crippen LogP contribution in [0.1, 0.15) is 57.8 Å². The van der Waals surface area contributed by atoms with Crippen molar-refractivity contribution < 1.29 is 18.0 Å². The Morgan fingerprint density at radius 1 is 1.12 bits per heavy atom. The Kier molecular flexibility index (Phi) is 7.20. The van der Waals surface area contributed by atoms with E-state index in [1.165, 1.54) is 24.5 Å². The second-order valence-electron chi connectivity index (χ2n) is 8.77. The van der Waals surface area contributed by atoms with Gasteiger partial charge in [-0.25, -0.2) is 17.7 Å². The summed E-state index contributed by atoms with van der Waals surface area (Å²) in [6.07, 6.45) is 17.3. The zero-order chi connectivity index (χ0) is 22.6. The Balaban J connectivity index is 1.49. The maximum Gasteiger partial charge on any atom is 0.271 e. The molecule has 2 aliphatic heterocycles. The van der Waals surface area contributed by atoms with Gasteiger partial charge in [-0.1, -0.05) is 36.6 Å². The van der Waals surface area contributed by atoms with Gasteiger partial charge in [0.1, 0.15) is 5.25 Å². The average molecular weight is 458 g/mol. The fourth-order valence-corrected chi connectivity index (χ4v) is 6.36. The van der Waals surface area contributed by atoms with Crippen molar-refractivity contribution >= 4 is 27.5 Å². The average Bonchev–Trinajstić information content (AvgIpc) is 3.09. The molecule has 0 radical (unpaired) electrons. The molecule has 2 amide bonds. The van der Waals surface area contributed by atoms with Crippen molar-refractivity contribution in [2.75, 3.05) is 19.6 Å². The van der Waals surface area contributed by atoms with Gasteiger partial charge in [0, 0.05) is 31.3 Å². The monoisotopic (exact) mass is 457 g/mol. The zero-order valence-electron chi connectivity index (χ0n) is 18.4. The molecule has 172 valence electrons. The van der Waals surface area contributed by atoms with Crippen molar-refractivity contribution in [3.05, 3.63) is 47.1 Å². The van der Waals surface area contributed by atoms with Gasteiger partial charge >= 0.3 is 0 Å². The number of hydrogen-bond donors (Lipinski definition) is 1. The third-order valence-corrected chi connectivity index (χ3v) is 8.54. The van der Waals surface area contributed by atoms with Crippen LogP contribution in [0.5, 0.6) is 0 Å². The lowest BCUT2D eigenvalue weighted by atomic mass is 9.92. The summed E-state index contributed by atoms with van der Waals surface area (Å²) in [4.78, 5) is 29.0. The van der Waals surface area contributed by atoms with Gasteiger partial charge in [-0.2, -0.15) is 0 Å². The van der Waals surface area contributed by atoms with E-state index < -0.39 is 21.2 Å². The molecular weight excluding hydrogens is 426 g/mol.